The number of rotatable bonds is 5. The summed E-state index contributed by atoms with van der Waals surface area (Å²) in [6, 6.07) is 8.29. The van der Waals surface area contributed by atoms with Gasteiger partial charge in [0.25, 0.3) is 0 Å². The number of anilines is 2. The van der Waals surface area contributed by atoms with Crippen LogP contribution in [0.15, 0.2) is 24.3 Å². The average Bonchev–Trinajstić information content (AvgIpc) is 2.62. The lowest BCUT2D eigenvalue weighted by atomic mass is 10.3. The first-order valence-electron chi connectivity index (χ1n) is 6.64. The Kier molecular flexibility index (Phi) is 4.29. The van der Waals surface area contributed by atoms with Crippen molar-refractivity contribution >= 4 is 11.4 Å². The van der Waals surface area contributed by atoms with Gasteiger partial charge in [-0.05, 0) is 26.0 Å². The second kappa shape index (κ2) is 5.77. The van der Waals surface area contributed by atoms with E-state index in [1.807, 2.05) is 33.2 Å². The summed E-state index contributed by atoms with van der Waals surface area (Å²) in [5, 5.41) is 15.6. The highest BCUT2D eigenvalue weighted by Crippen LogP contribution is 2.36. The van der Waals surface area contributed by atoms with Crippen LogP contribution in [0.3, 0.4) is 0 Å². The number of nitrogens with zero attached hydrogens (tertiary/aromatic N) is 3. The average molecular weight is 265 g/mol. The van der Waals surface area contributed by atoms with Crippen LogP contribution in [0, 0.1) is 0 Å². The van der Waals surface area contributed by atoms with E-state index in [0.29, 0.717) is 6.61 Å². The molecule has 1 aromatic rings. The summed E-state index contributed by atoms with van der Waals surface area (Å²) in [5.74, 6) is 0. The first-order valence-corrected chi connectivity index (χ1v) is 6.64. The predicted molar refractivity (Wildman–Crippen MR) is 77.0 cm³/mol. The molecule has 0 bridgehead atoms. The molecule has 0 aromatic heterocycles. The van der Waals surface area contributed by atoms with Crippen LogP contribution in [0.1, 0.15) is 13.8 Å². The standard InChI is InChI=1S/C14H23N3O2/c1-11(18)10-19-12(2)9-17-15(3)13-7-5-6-8-14(13)16(17)4/h5-8,11-12,18H,9-10H2,1-4H3. The molecular weight excluding hydrogens is 242 g/mol. The number of ether oxygens (including phenoxy) is 1. The fraction of sp³-hybridized carbons (Fsp3) is 0.571. The van der Waals surface area contributed by atoms with Crippen molar-refractivity contribution < 1.29 is 9.84 Å². The van der Waals surface area contributed by atoms with E-state index in [1.165, 1.54) is 11.4 Å². The summed E-state index contributed by atoms with van der Waals surface area (Å²) in [7, 11) is 4.09. The van der Waals surface area contributed by atoms with Crippen molar-refractivity contribution in [3.05, 3.63) is 24.3 Å². The van der Waals surface area contributed by atoms with Crippen LogP contribution in [0.4, 0.5) is 11.4 Å². The minimum absolute atomic E-state index is 0.0498. The molecule has 1 heterocycles. The van der Waals surface area contributed by atoms with Crippen molar-refractivity contribution in [3.8, 4) is 0 Å². The van der Waals surface area contributed by atoms with Crippen molar-refractivity contribution in [1.29, 1.82) is 0 Å². The number of hydrogen-bond donors (Lipinski definition) is 1. The minimum Gasteiger partial charge on any atom is -0.391 e. The van der Waals surface area contributed by atoms with Gasteiger partial charge < -0.3 is 9.84 Å². The van der Waals surface area contributed by atoms with Gasteiger partial charge in [-0.25, -0.2) is 0 Å². The Morgan fingerprint density at radius 1 is 1.11 bits per heavy atom. The van der Waals surface area contributed by atoms with Crippen molar-refractivity contribution in [3.63, 3.8) is 0 Å². The molecule has 0 spiro atoms. The van der Waals surface area contributed by atoms with Gasteiger partial charge in [-0.15, -0.1) is 5.12 Å². The molecule has 1 aliphatic heterocycles. The van der Waals surface area contributed by atoms with E-state index in [1.54, 1.807) is 6.92 Å². The molecule has 0 radical (unpaired) electrons. The third-order valence-electron chi connectivity index (χ3n) is 3.31. The number of hydrogen-bond acceptors (Lipinski definition) is 5. The highest BCUT2D eigenvalue weighted by Gasteiger charge is 2.29. The SMILES string of the molecule is CC(O)COC(C)CN1N(C)c2ccccc2N1C. The van der Waals surface area contributed by atoms with Crippen molar-refractivity contribution in [2.75, 3.05) is 37.3 Å². The van der Waals surface area contributed by atoms with E-state index in [-0.39, 0.29) is 6.10 Å². The monoisotopic (exact) mass is 265 g/mol. The molecule has 2 rings (SSSR count). The number of benzene rings is 1. The van der Waals surface area contributed by atoms with E-state index >= 15 is 0 Å². The van der Waals surface area contributed by atoms with Crippen molar-refractivity contribution in [2.45, 2.75) is 26.1 Å². The number of para-hydroxylation sites is 2. The molecule has 0 aliphatic carbocycles. The summed E-state index contributed by atoms with van der Waals surface area (Å²) in [6.45, 7) is 4.87. The van der Waals surface area contributed by atoms with E-state index in [4.69, 9.17) is 4.74 Å². The van der Waals surface area contributed by atoms with Crippen LogP contribution in [0.2, 0.25) is 0 Å². The molecule has 2 unspecified atom stereocenters. The highest BCUT2D eigenvalue weighted by atomic mass is 16.5. The van der Waals surface area contributed by atoms with E-state index in [0.717, 1.165) is 6.54 Å². The van der Waals surface area contributed by atoms with Gasteiger partial charge in [-0.1, -0.05) is 12.1 Å². The summed E-state index contributed by atoms with van der Waals surface area (Å²) in [4.78, 5) is 0. The maximum absolute atomic E-state index is 9.25. The first kappa shape index (κ1) is 14.1. The summed E-state index contributed by atoms with van der Waals surface area (Å²) < 4.78 is 5.62. The van der Waals surface area contributed by atoms with Crippen LogP contribution in [0.25, 0.3) is 0 Å². The smallest absolute Gasteiger partial charge is 0.0784 e. The van der Waals surface area contributed by atoms with Gasteiger partial charge in [0, 0.05) is 14.1 Å². The van der Waals surface area contributed by atoms with E-state index in [9.17, 15) is 5.11 Å². The van der Waals surface area contributed by atoms with Gasteiger partial charge in [0.1, 0.15) is 0 Å². The number of fused-ring (bicyclic) bond motifs is 1. The molecule has 0 saturated carbocycles. The zero-order chi connectivity index (χ0) is 14.0. The topological polar surface area (TPSA) is 39.2 Å². The van der Waals surface area contributed by atoms with Crippen LogP contribution in [0.5, 0.6) is 0 Å². The van der Waals surface area contributed by atoms with Crippen LogP contribution in [-0.2, 0) is 4.74 Å². The zero-order valence-corrected chi connectivity index (χ0v) is 12.1. The zero-order valence-electron chi connectivity index (χ0n) is 12.1. The third-order valence-corrected chi connectivity index (χ3v) is 3.31. The molecule has 0 amide bonds. The lowest BCUT2D eigenvalue weighted by Gasteiger charge is -2.33. The molecule has 5 heteroatoms. The third kappa shape index (κ3) is 3.00. The summed E-state index contributed by atoms with van der Waals surface area (Å²) in [6.07, 6.45) is -0.373. The van der Waals surface area contributed by atoms with Gasteiger partial charge in [-0.2, -0.15) is 0 Å². The Morgan fingerprint density at radius 2 is 1.63 bits per heavy atom. The minimum atomic E-state index is -0.423. The quantitative estimate of drug-likeness (QED) is 0.873. The van der Waals surface area contributed by atoms with Crippen LogP contribution >= 0.6 is 0 Å². The highest BCUT2D eigenvalue weighted by molar-refractivity contribution is 5.73. The van der Waals surface area contributed by atoms with Gasteiger partial charge in [0.15, 0.2) is 0 Å². The van der Waals surface area contributed by atoms with Crippen molar-refractivity contribution in [2.24, 2.45) is 0 Å². The van der Waals surface area contributed by atoms with E-state index < -0.39 is 6.10 Å². The second-order valence-electron chi connectivity index (χ2n) is 5.08. The Labute approximate surface area is 114 Å². The Balaban J connectivity index is 1.99. The molecule has 1 aliphatic rings. The first-order chi connectivity index (χ1) is 9.00. The molecule has 19 heavy (non-hydrogen) atoms. The maximum Gasteiger partial charge on any atom is 0.0784 e. The molecule has 1 N–H and O–H groups in total. The molecular formula is C14H23N3O2. The van der Waals surface area contributed by atoms with Crippen LogP contribution in [-0.4, -0.2) is 49.7 Å². The fourth-order valence-corrected chi connectivity index (χ4v) is 2.29. The van der Waals surface area contributed by atoms with Gasteiger partial charge in [0.05, 0.1) is 36.7 Å². The summed E-state index contributed by atoms with van der Waals surface area (Å²) in [5.41, 5.74) is 2.38. The lowest BCUT2D eigenvalue weighted by molar-refractivity contribution is -0.00992. The predicted octanol–water partition coefficient (Wildman–Crippen LogP) is 1.49. The largest absolute Gasteiger partial charge is 0.391 e. The van der Waals surface area contributed by atoms with Gasteiger partial charge in [-0.3, -0.25) is 10.0 Å². The molecule has 106 valence electrons. The van der Waals surface area contributed by atoms with Crippen molar-refractivity contribution in [1.82, 2.24) is 5.12 Å². The number of aliphatic hydroxyl groups excluding tert-OH is 1. The maximum atomic E-state index is 9.25. The molecule has 1 aromatic carbocycles. The number of hydrazine groups is 2. The normalized spacial score (nSPS) is 18.6. The summed E-state index contributed by atoms with van der Waals surface area (Å²) >= 11 is 0. The molecule has 0 saturated heterocycles. The van der Waals surface area contributed by atoms with E-state index in [2.05, 4.69) is 27.3 Å². The molecule has 2 atom stereocenters. The molecule has 0 fully saturated rings. The lowest BCUT2D eigenvalue weighted by Crippen LogP contribution is -2.49. The Hall–Kier alpha value is -1.30. The fourth-order valence-electron chi connectivity index (χ4n) is 2.29. The Morgan fingerprint density at radius 3 is 2.11 bits per heavy atom. The Bertz CT molecular complexity index is 396. The van der Waals surface area contributed by atoms with Crippen LogP contribution < -0.4 is 10.0 Å². The van der Waals surface area contributed by atoms with Gasteiger partial charge in [0.2, 0.25) is 0 Å². The second-order valence-corrected chi connectivity index (χ2v) is 5.08. The number of aliphatic hydroxyl groups is 1. The van der Waals surface area contributed by atoms with Gasteiger partial charge >= 0.3 is 0 Å². The molecule has 5 nitrogen and oxygen atoms in total.